The molecule has 0 bridgehead atoms. The van der Waals surface area contributed by atoms with Crippen molar-refractivity contribution in [3.8, 4) is 0 Å². The van der Waals surface area contributed by atoms with Crippen LogP contribution in [0.15, 0.2) is 11.8 Å². The molecule has 204 valence electrons. The molecule has 6 heteroatoms. The van der Waals surface area contributed by atoms with Gasteiger partial charge in [-0.1, -0.05) is 20.8 Å². The Labute approximate surface area is 220 Å². The predicted molar refractivity (Wildman–Crippen MR) is 144 cm³/mol. The van der Waals surface area contributed by atoms with Crippen molar-refractivity contribution >= 4 is 20.3 Å². The Bertz CT molecular complexity index is 877. The minimum Gasteiger partial charge on any atom is -0.547 e. The molecule has 0 spiro atoms. The van der Waals surface area contributed by atoms with Crippen LogP contribution in [0.1, 0.15) is 85.5 Å². The Kier molecular flexibility index (Phi) is 7.78. The minimum absolute atomic E-state index is 0.0295. The molecular weight excluding hydrogens is 468 g/mol. The fourth-order valence-corrected chi connectivity index (χ4v) is 9.96. The summed E-state index contributed by atoms with van der Waals surface area (Å²) in [4.78, 5) is 23.5. The highest BCUT2D eigenvalue weighted by molar-refractivity contribution is 6.70. The van der Waals surface area contributed by atoms with Gasteiger partial charge in [0.25, 0.3) is 0 Å². The number of methoxy groups -OCH3 is 1. The topological polar surface area (TPSA) is 61.8 Å². The lowest BCUT2D eigenvalue weighted by molar-refractivity contribution is -0.153. The molecule has 0 aromatic carbocycles. The van der Waals surface area contributed by atoms with Crippen LogP contribution in [0.4, 0.5) is 0 Å². The predicted octanol–water partition coefficient (Wildman–Crippen LogP) is 7.12. The summed E-state index contributed by atoms with van der Waals surface area (Å²) in [5.74, 6) is 4.33. The largest absolute Gasteiger partial charge is 0.547 e. The van der Waals surface area contributed by atoms with E-state index in [4.69, 9.17) is 13.9 Å². The average molecular weight is 519 g/mol. The van der Waals surface area contributed by atoms with Crippen molar-refractivity contribution < 1.29 is 23.5 Å². The first-order valence-electron chi connectivity index (χ1n) is 14.4. The number of rotatable bonds is 7. The van der Waals surface area contributed by atoms with Crippen LogP contribution in [-0.2, 0) is 23.5 Å². The SMILES string of the molecule is COC(=O)CC[C@@H](C)C1CCC2C3C(O[Si](C)(C)C)=C[C@@H]4C[C@H](OC(C)=O)CC[C@]4(C)C3CC[C@@]21C. The monoisotopic (exact) mass is 518 g/mol. The second-order valence-electron chi connectivity index (χ2n) is 14.0. The van der Waals surface area contributed by atoms with E-state index in [2.05, 4.69) is 46.5 Å². The summed E-state index contributed by atoms with van der Waals surface area (Å²) in [5, 5.41) is 0. The molecule has 4 aliphatic rings. The second kappa shape index (κ2) is 10.1. The third kappa shape index (κ3) is 5.17. The van der Waals surface area contributed by atoms with E-state index in [1.165, 1.54) is 45.5 Å². The number of fused-ring (bicyclic) bond motifs is 5. The van der Waals surface area contributed by atoms with E-state index in [9.17, 15) is 9.59 Å². The molecule has 0 aromatic rings. The summed E-state index contributed by atoms with van der Waals surface area (Å²) in [6.45, 7) is 15.9. The summed E-state index contributed by atoms with van der Waals surface area (Å²) in [6.07, 6.45) is 12.0. The van der Waals surface area contributed by atoms with Gasteiger partial charge in [0.1, 0.15) is 6.10 Å². The van der Waals surface area contributed by atoms with E-state index in [1.54, 1.807) is 0 Å². The molecule has 4 rings (SSSR count). The lowest BCUT2D eigenvalue weighted by atomic mass is 9.45. The van der Waals surface area contributed by atoms with Gasteiger partial charge in [-0.25, -0.2) is 0 Å². The summed E-state index contributed by atoms with van der Waals surface area (Å²) in [5.41, 5.74) is 0.528. The van der Waals surface area contributed by atoms with Gasteiger partial charge >= 0.3 is 11.9 Å². The third-order valence-electron chi connectivity index (χ3n) is 10.7. The van der Waals surface area contributed by atoms with Crippen LogP contribution in [0.5, 0.6) is 0 Å². The summed E-state index contributed by atoms with van der Waals surface area (Å²) in [7, 11) is -0.296. The van der Waals surface area contributed by atoms with E-state index in [-0.39, 0.29) is 28.9 Å². The Morgan fingerprint density at radius 3 is 2.36 bits per heavy atom. The fraction of sp³-hybridized carbons (Fsp3) is 0.867. The van der Waals surface area contributed by atoms with Gasteiger partial charge < -0.3 is 13.9 Å². The zero-order chi connectivity index (χ0) is 26.5. The maximum Gasteiger partial charge on any atom is 0.305 e. The molecule has 4 unspecified atom stereocenters. The number of carbonyl (C=O) groups is 2. The zero-order valence-corrected chi connectivity index (χ0v) is 25.0. The van der Waals surface area contributed by atoms with Crippen molar-refractivity contribution in [1.29, 1.82) is 0 Å². The normalized spacial score (nSPS) is 40.7. The molecular formula is C30H50O5Si. The molecule has 36 heavy (non-hydrogen) atoms. The molecule has 0 radical (unpaired) electrons. The molecule has 5 nitrogen and oxygen atoms in total. The Hall–Kier alpha value is -1.30. The van der Waals surface area contributed by atoms with Crippen LogP contribution >= 0.6 is 0 Å². The van der Waals surface area contributed by atoms with Gasteiger partial charge in [0.2, 0.25) is 8.32 Å². The van der Waals surface area contributed by atoms with Crippen LogP contribution in [0, 0.1) is 46.3 Å². The molecule has 0 amide bonds. The molecule has 4 aliphatic carbocycles. The van der Waals surface area contributed by atoms with E-state index in [1.807, 2.05) is 0 Å². The number of allylic oxidation sites excluding steroid dienone is 2. The molecule has 0 heterocycles. The molecule has 0 N–H and O–H groups in total. The third-order valence-corrected chi connectivity index (χ3v) is 11.6. The highest BCUT2D eigenvalue weighted by Gasteiger charge is 2.62. The van der Waals surface area contributed by atoms with Crippen molar-refractivity contribution in [2.45, 2.75) is 111 Å². The van der Waals surface area contributed by atoms with Crippen molar-refractivity contribution in [3.05, 3.63) is 11.8 Å². The van der Waals surface area contributed by atoms with Gasteiger partial charge in [-0.3, -0.25) is 9.59 Å². The van der Waals surface area contributed by atoms with Gasteiger partial charge in [-0.05, 0) is 118 Å². The Morgan fingerprint density at radius 2 is 1.72 bits per heavy atom. The number of hydrogen-bond donors (Lipinski definition) is 0. The first-order valence-corrected chi connectivity index (χ1v) is 17.8. The molecule has 0 saturated heterocycles. The second-order valence-corrected chi connectivity index (χ2v) is 18.4. The van der Waals surface area contributed by atoms with Crippen LogP contribution in [0.25, 0.3) is 0 Å². The number of esters is 2. The van der Waals surface area contributed by atoms with Gasteiger partial charge in [0.15, 0.2) is 0 Å². The van der Waals surface area contributed by atoms with Crippen LogP contribution < -0.4 is 0 Å². The van der Waals surface area contributed by atoms with Crippen LogP contribution in [-0.4, -0.2) is 33.5 Å². The molecule has 3 fully saturated rings. The van der Waals surface area contributed by atoms with Gasteiger partial charge in [-0.2, -0.15) is 0 Å². The maximum absolute atomic E-state index is 11.8. The quantitative estimate of drug-likeness (QED) is 0.265. The van der Waals surface area contributed by atoms with Crippen LogP contribution in [0.2, 0.25) is 19.6 Å². The summed E-state index contributed by atoms with van der Waals surface area (Å²) >= 11 is 0. The minimum atomic E-state index is -1.79. The molecule has 0 aliphatic heterocycles. The molecule has 3 saturated carbocycles. The average Bonchev–Trinajstić information content (AvgIpc) is 3.14. The van der Waals surface area contributed by atoms with Gasteiger partial charge in [0, 0.05) is 19.3 Å². The smallest absolute Gasteiger partial charge is 0.305 e. The van der Waals surface area contributed by atoms with Crippen molar-refractivity contribution in [2.24, 2.45) is 46.3 Å². The van der Waals surface area contributed by atoms with Gasteiger partial charge in [-0.15, -0.1) is 0 Å². The Balaban J connectivity index is 1.64. The number of hydrogen-bond acceptors (Lipinski definition) is 5. The van der Waals surface area contributed by atoms with Crippen molar-refractivity contribution in [3.63, 3.8) is 0 Å². The Morgan fingerprint density at radius 1 is 1.06 bits per heavy atom. The van der Waals surface area contributed by atoms with Crippen molar-refractivity contribution in [1.82, 2.24) is 0 Å². The number of carbonyl (C=O) groups excluding carboxylic acids is 2. The molecule has 0 aromatic heterocycles. The van der Waals surface area contributed by atoms with Gasteiger partial charge in [0.05, 0.1) is 12.9 Å². The highest BCUT2D eigenvalue weighted by Crippen LogP contribution is 2.68. The first kappa shape index (κ1) is 27.7. The lowest BCUT2D eigenvalue weighted by Crippen LogP contribution is -2.55. The highest BCUT2D eigenvalue weighted by atomic mass is 28.4. The number of ether oxygens (including phenoxy) is 2. The zero-order valence-electron chi connectivity index (χ0n) is 24.0. The van der Waals surface area contributed by atoms with E-state index in [0.717, 1.165) is 25.7 Å². The standard InChI is InChI=1S/C30H50O5Si/c1-19(9-12-27(32)33-5)23-10-11-24-28-25(14-16-30(23,24)4)29(3)15-13-22(34-20(2)31)17-21(29)18-26(28)35-36(6,7)8/h18-19,21-25,28H,9-17H2,1-8H3/t19-,21+,22-,23?,24?,25?,28?,29+,30-/m1/s1. The summed E-state index contributed by atoms with van der Waals surface area (Å²) < 4.78 is 17.6. The van der Waals surface area contributed by atoms with E-state index in [0.29, 0.717) is 41.9 Å². The lowest BCUT2D eigenvalue weighted by Gasteiger charge is -2.60. The first-order chi connectivity index (χ1) is 16.8. The fourth-order valence-electron chi connectivity index (χ4n) is 9.05. The van der Waals surface area contributed by atoms with Crippen molar-refractivity contribution in [2.75, 3.05) is 7.11 Å². The summed E-state index contributed by atoms with van der Waals surface area (Å²) in [6, 6.07) is 0. The van der Waals surface area contributed by atoms with Crippen LogP contribution in [0.3, 0.4) is 0 Å². The van der Waals surface area contributed by atoms with E-state index < -0.39 is 8.32 Å². The maximum atomic E-state index is 11.8. The molecule has 9 atom stereocenters. The van der Waals surface area contributed by atoms with E-state index >= 15 is 0 Å².